The van der Waals surface area contributed by atoms with Crippen LogP contribution in [0.2, 0.25) is 0 Å². The van der Waals surface area contributed by atoms with Gasteiger partial charge in [0.25, 0.3) is 5.56 Å². The van der Waals surface area contributed by atoms with Gasteiger partial charge in [-0.2, -0.15) is 13.2 Å². The Kier molecular flexibility index (Phi) is 5.08. The van der Waals surface area contributed by atoms with E-state index < -0.39 is 34.6 Å². The predicted octanol–water partition coefficient (Wildman–Crippen LogP) is 2.47. The van der Waals surface area contributed by atoms with Crippen LogP contribution in [0.4, 0.5) is 17.6 Å². The first kappa shape index (κ1) is 18.8. The number of halogens is 5. The third kappa shape index (κ3) is 3.61. The Morgan fingerprint density at radius 1 is 1.28 bits per heavy atom. The Balaban J connectivity index is 2.76. The molecule has 0 spiro atoms. The van der Waals surface area contributed by atoms with E-state index >= 15 is 0 Å². The lowest BCUT2D eigenvalue weighted by Crippen LogP contribution is -2.41. The molecular weight excluding hydrogens is 412 g/mol. The van der Waals surface area contributed by atoms with Gasteiger partial charge in [-0.05, 0) is 22.0 Å². The molecular formula is C15H9BrF4N2O3. The maximum absolute atomic E-state index is 14.2. The van der Waals surface area contributed by atoms with Crippen molar-refractivity contribution in [2.24, 2.45) is 7.05 Å². The van der Waals surface area contributed by atoms with Crippen LogP contribution in [0.3, 0.4) is 0 Å². The number of benzene rings is 1. The first-order valence-electron chi connectivity index (χ1n) is 6.54. The van der Waals surface area contributed by atoms with Crippen molar-refractivity contribution in [1.82, 2.24) is 9.13 Å². The number of ether oxygens (including phenoxy) is 1. The molecule has 2 rings (SSSR count). The number of rotatable bonds is 3. The molecule has 132 valence electrons. The molecule has 0 atom stereocenters. The van der Waals surface area contributed by atoms with Gasteiger partial charge in [-0.25, -0.2) is 13.8 Å². The maximum atomic E-state index is 14.2. The number of hydrogen-bond donors (Lipinski definition) is 0. The Morgan fingerprint density at radius 3 is 2.48 bits per heavy atom. The largest absolute Gasteiger partial charge is 0.480 e. The summed E-state index contributed by atoms with van der Waals surface area (Å²) in [6.45, 7) is -0.177. The lowest BCUT2D eigenvalue weighted by atomic mass is 10.2. The predicted molar refractivity (Wildman–Crippen MR) is 84.3 cm³/mol. The Bertz CT molecular complexity index is 986. The minimum Gasteiger partial charge on any atom is -0.480 e. The van der Waals surface area contributed by atoms with E-state index in [1.807, 2.05) is 0 Å². The van der Waals surface area contributed by atoms with Crippen molar-refractivity contribution in [2.75, 3.05) is 6.61 Å². The zero-order chi connectivity index (χ0) is 18.9. The summed E-state index contributed by atoms with van der Waals surface area (Å²) in [6, 6.07) is 2.11. The molecule has 0 unspecified atom stereocenters. The standard InChI is InChI=1S/C15H9BrF4N2O3/c1-3-4-25-11-6-10(9(17)5-8(11)16)22-13(23)7-12(15(18,19)20)21(2)14(22)24/h1,5-7H,4H2,2H3. The van der Waals surface area contributed by atoms with Crippen molar-refractivity contribution in [3.8, 4) is 23.8 Å². The van der Waals surface area contributed by atoms with Gasteiger partial charge in [-0.3, -0.25) is 9.36 Å². The monoisotopic (exact) mass is 420 g/mol. The summed E-state index contributed by atoms with van der Waals surface area (Å²) in [5.74, 6) is 1.18. The van der Waals surface area contributed by atoms with Crippen LogP contribution in [0.25, 0.3) is 5.69 Å². The average molecular weight is 421 g/mol. The average Bonchev–Trinajstić information content (AvgIpc) is 2.50. The van der Waals surface area contributed by atoms with Crippen molar-refractivity contribution in [3.05, 3.63) is 55.0 Å². The second-order valence-corrected chi connectivity index (χ2v) is 5.62. The van der Waals surface area contributed by atoms with Gasteiger partial charge >= 0.3 is 11.9 Å². The molecule has 0 aliphatic heterocycles. The van der Waals surface area contributed by atoms with Crippen LogP contribution >= 0.6 is 15.9 Å². The van der Waals surface area contributed by atoms with E-state index in [1.165, 1.54) is 0 Å². The van der Waals surface area contributed by atoms with E-state index in [0.29, 0.717) is 0 Å². The fourth-order valence-electron chi connectivity index (χ4n) is 2.04. The highest BCUT2D eigenvalue weighted by Crippen LogP contribution is 2.30. The summed E-state index contributed by atoms with van der Waals surface area (Å²) in [5.41, 5.74) is -4.70. The molecule has 1 heterocycles. The number of hydrogen-bond acceptors (Lipinski definition) is 3. The van der Waals surface area contributed by atoms with Crippen LogP contribution in [-0.2, 0) is 13.2 Å². The maximum Gasteiger partial charge on any atom is 0.431 e. The molecule has 2 aromatic rings. The quantitative estimate of drug-likeness (QED) is 0.566. The van der Waals surface area contributed by atoms with Gasteiger partial charge in [-0.1, -0.05) is 5.92 Å². The second kappa shape index (κ2) is 6.76. The summed E-state index contributed by atoms with van der Waals surface area (Å²) in [4.78, 5) is 24.2. The molecule has 5 nitrogen and oxygen atoms in total. The highest BCUT2D eigenvalue weighted by molar-refractivity contribution is 9.10. The Morgan fingerprint density at radius 2 is 1.92 bits per heavy atom. The van der Waals surface area contributed by atoms with E-state index in [9.17, 15) is 27.2 Å². The van der Waals surface area contributed by atoms with Crippen LogP contribution in [0.5, 0.6) is 5.75 Å². The third-order valence-electron chi connectivity index (χ3n) is 3.16. The lowest BCUT2D eigenvalue weighted by molar-refractivity contribution is -0.144. The molecule has 0 saturated carbocycles. The Labute approximate surface area is 146 Å². The zero-order valence-corrected chi connectivity index (χ0v) is 14.1. The van der Waals surface area contributed by atoms with E-state index in [4.69, 9.17) is 11.2 Å². The minimum absolute atomic E-state index is 0.0169. The van der Waals surface area contributed by atoms with Gasteiger partial charge in [0.2, 0.25) is 0 Å². The highest BCUT2D eigenvalue weighted by atomic mass is 79.9. The van der Waals surface area contributed by atoms with Gasteiger partial charge in [0, 0.05) is 19.2 Å². The van der Waals surface area contributed by atoms with Crippen LogP contribution in [0.15, 0.2) is 32.3 Å². The molecule has 0 radical (unpaired) electrons. The number of nitrogens with zero attached hydrogens (tertiary/aromatic N) is 2. The van der Waals surface area contributed by atoms with Crippen LogP contribution < -0.4 is 16.0 Å². The van der Waals surface area contributed by atoms with Crippen molar-refractivity contribution in [3.63, 3.8) is 0 Å². The molecule has 0 bridgehead atoms. The normalized spacial score (nSPS) is 11.2. The van der Waals surface area contributed by atoms with Crippen LogP contribution in [0.1, 0.15) is 5.69 Å². The summed E-state index contributed by atoms with van der Waals surface area (Å²) in [6.07, 6.45) is 0.140. The minimum atomic E-state index is -4.91. The second-order valence-electron chi connectivity index (χ2n) is 4.77. The molecule has 1 aromatic heterocycles. The van der Waals surface area contributed by atoms with Gasteiger partial charge in [0.15, 0.2) is 0 Å². The summed E-state index contributed by atoms with van der Waals surface area (Å²) >= 11 is 3.02. The van der Waals surface area contributed by atoms with Gasteiger partial charge in [-0.15, -0.1) is 6.42 Å². The van der Waals surface area contributed by atoms with Crippen LogP contribution in [0, 0.1) is 18.2 Å². The number of aromatic nitrogens is 2. The first-order valence-corrected chi connectivity index (χ1v) is 7.33. The molecule has 0 saturated heterocycles. The van der Waals surface area contributed by atoms with Gasteiger partial charge < -0.3 is 4.74 Å². The molecule has 1 aromatic carbocycles. The zero-order valence-electron chi connectivity index (χ0n) is 12.5. The third-order valence-corrected chi connectivity index (χ3v) is 3.78. The van der Waals surface area contributed by atoms with Gasteiger partial charge in [0.05, 0.1) is 10.2 Å². The van der Waals surface area contributed by atoms with Crippen molar-refractivity contribution < 1.29 is 22.3 Å². The molecule has 0 N–H and O–H groups in total. The van der Waals surface area contributed by atoms with Crippen molar-refractivity contribution >= 4 is 15.9 Å². The van der Waals surface area contributed by atoms with E-state index in [0.717, 1.165) is 19.2 Å². The fraction of sp³-hybridized carbons (Fsp3) is 0.200. The molecule has 0 amide bonds. The SMILES string of the molecule is C#CCOc1cc(-n2c(=O)cc(C(F)(F)F)n(C)c2=O)c(F)cc1Br. The van der Waals surface area contributed by atoms with Crippen LogP contribution in [-0.4, -0.2) is 15.7 Å². The smallest absolute Gasteiger partial charge is 0.431 e. The van der Waals surface area contributed by atoms with Crippen molar-refractivity contribution in [1.29, 1.82) is 0 Å². The van der Waals surface area contributed by atoms with E-state index in [1.54, 1.807) is 0 Å². The molecule has 0 aliphatic rings. The van der Waals surface area contributed by atoms with Crippen molar-refractivity contribution in [2.45, 2.75) is 6.18 Å². The number of terminal acetylenes is 1. The summed E-state index contributed by atoms with van der Waals surface area (Å²) < 4.78 is 58.5. The molecule has 0 aliphatic carbocycles. The lowest BCUT2D eigenvalue weighted by Gasteiger charge is -2.15. The number of alkyl halides is 3. The Hall–Kier alpha value is -2.54. The fourth-order valence-corrected chi connectivity index (χ4v) is 2.47. The first-order chi connectivity index (χ1) is 11.6. The topological polar surface area (TPSA) is 53.2 Å². The van der Waals surface area contributed by atoms with E-state index in [2.05, 4.69) is 21.9 Å². The van der Waals surface area contributed by atoms with Gasteiger partial charge in [0.1, 0.15) is 23.9 Å². The highest BCUT2D eigenvalue weighted by Gasteiger charge is 2.35. The summed E-state index contributed by atoms with van der Waals surface area (Å²) in [7, 11) is 0.827. The molecule has 0 fully saturated rings. The summed E-state index contributed by atoms with van der Waals surface area (Å²) in [5, 5.41) is 0. The molecule has 25 heavy (non-hydrogen) atoms. The molecule has 10 heteroatoms. The van der Waals surface area contributed by atoms with E-state index in [-0.39, 0.29) is 32.0 Å².